The Morgan fingerprint density at radius 1 is 1.15 bits per heavy atom. The maximum absolute atomic E-state index is 12.8. The van der Waals surface area contributed by atoms with Crippen molar-refractivity contribution < 1.29 is 23.7 Å². The summed E-state index contributed by atoms with van der Waals surface area (Å²) >= 11 is 0. The number of methoxy groups -OCH3 is 1. The van der Waals surface area contributed by atoms with E-state index >= 15 is 0 Å². The van der Waals surface area contributed by atoms with Crippen molar-refractivity contribution in [3.8, 4) is 5.88 Å². The molecule has 2 aromatic heterocycles. The van der Waals surface area contributed by atoms with Crippen molar-refractivity contribution in [3.63, 3.8) is 0 Å². The van der Waals surface area contributed by atoms with Crippen molar-refractivity contribution >= 4 is 22.8 Å². The normalized spacial score (nSPS) is 26.5. The molecule has 0 unspecified atom stereocenters. The van der Waals surface area contributed by atoms with E-state index in [1.54, 1.807) is 13.4 Å². The molecule has 3 atom stereocenters. The van der Waals surface area contributed by atoms with Crippen LogP contribution in [0.15, 0.2) is 72.4 Å². The Morgan fingerprint density at radius 3 is 2.97 bits per heavy atom. The number of cyclic esters (lactones) is 1. The molecule has 0 aromatic carbocycles. The molecule has 0 saturated carbocycles. The quantitative estimate of drug-likeness (QED) is 0.552. The lowest BCUT2D eigenvalue weighted by Gasteiger charge is -2.28. The molecule has 2 aromatic rings. The van der Waals surface area contributed by atoms with Gasteiger partial charge in [0.15, 0.2) is 12.0 Å². The number of fused-ring (bicyclic) bond motifs is 2. The number of nitrogens with zero attached hydrogens (tertiary/aromatic N) is 5. The van der Waals surface area contributed by atoms with Crippen molar-refractivity contribution in [3.05, 3.63) is 72.4 Å². The molecule has 10 nitrogen and oxygen atoms in total. The Balaban J connectivity index is 1.00. The first-order valence-corrected chi connectivity index (χ1v) is 13.5. The van der Waals surface area contributed by atoms with Crippen LogP contribution in [0.2, 0.25) is 0 Å². The summed E-state index contributed by atoms with van der Waals surface area (Å²) in [5, 5.41) is 0. The summed E-state index contributed by atoms with van der Waals surface area (Å²) in [6.45, 7) is 3.98. The Bertz CT molecular complexity index is 1420. The number of hydrogen-bond donors (Lipinski definition) is 0. The maximum atomic E-state index is 12.8. The van der Waals surface area contributed by atoms with Crippen LogP contribution in [0.5, 0.6) is 5.88 Å². The number of anilines is 1. The molecule has 0 N–H and O–H groups in total. The van der Waals surface area contributed by atoms with E-state index in [1.165, 1.54) is 11.2 Å². The van der Waals surface area contributed by atoms with Gasteiger partial charge in [0.25, 0.3) is 0 Å². The van der Waals surface area contributed by atoms with E-state index < -0.39 is 6.09 Å². The molecule has 0 bridgehead atoms. The highest BCUT2D eigenvalue weighted by molar-refractivity contribution is 5.88. The number of ether oxygens (including phenoxy) is 4. The first-order chi connectivity index (χ1) is 19.2. The van der Waals surface area contributed by atoms with Crippen molar-refractivity contribution in [1.29, 1.82) is 0 Å². The van der Waals surface area contributed by atoms with E-state index in [4.69, 9.17) is 23.9 Å². The minimum absolute atomic E-state index is 0.242. The van der Waals surface area contributed by atoms with Gasteiger partial charge >= 0.3 is 6.09 Å². The fraction of sp³-hybridized carbons (Fsp3) is 0.414. The number of likely N-dealkylation sites (tertiary alicyclic amines) is 1. The van der Waals surface area contributed by atoms with Crippen LogP contribution in [0, 0.1) is 5.92 Å². The van der Waals surface area contributed by atoms with Gasteiger partial charge in [0.1, 0.15) is 17.9 Å². The Hall–Kier alpha value is -4.05. The summed E-state index contributed by atoms with van der Waals surface area (Å²) in [4.78, 5) is 28.4. The van der Waals surface area contributed by atoms with Crippen LogP contribution in [-0.4, -0.2) is 77.8 Å². The third-order valence-corrected chi connectivity index (χ3v) is 8.17. The minimum atomic E-state index is -0.405. The molecular weight excluding hydrogens is 498 g/mol. The molecule has 1 amide bonds. The van der Waals surface area contributed by atoms with Crippen molar-refractivity contribution in [2.24, 2.45) is 5.92 Å². The molecule has 3 fully saturated rings. The minimum Gasteiger partial charge on any atom is -0.481 e. The van der Waals surface area contributed by atoms with E-state index in [1.807, 2.05) is 30.5 Å². The molecule has 0 radical (unpaired) electrons. The van der Waals surface area contributed by atoms with Gasteiger partial charge in [0.05, 0.1) is 24.9 Å². The standard InChI is InChI=1S/C29H31N5O5/c1-36-26-8-7-22-28(31-26)23(9-11-30-22)33-12-10-20-13-32(16-24(20)33)14-21-15-34(29(35)38-21)27-18-37-17-25(39-27)19-5-3-2-4-6-19/h2-3,5,7-9,11,17-18,20-21,24H,4,6,10,12-16H2,1H3/t20-,21+,24+/m0/s1. The molecular formula is C29H31N5O5. The van der Waals surface area contributed by atoms with Gasteiger partial charge in [-0.05, 0) is 42.9 Å². The number of rotatable bonds is 6. The number of amides is 1. The lowest BCUT2D eigenvalue weighted by molar-refractivity contribution is 0.107. The fourth-order valence-corrected chi connectivity index (χ4v) is 6.30. The van der Waals surface area contributed by atoms with Crippen LogP contribution in [0.25, 0.3) is 11.0 Å². The molecule has 1 aliphatic carbocycles. The summed E-state index contributed by atoms with van der Waals surface area (Å²) in [6, 6.07) is 6.23. The zero-order valence-electron chi connectivity index (χ0n) is 21.9. The molecule has 4 aliphatic heterocycles. The summed E-state index contributed by atoms with van der Waals surface area (Å²) in [6.07, 6.45) is 13.3. The first-order valence-electron chi connectivity index (χ1n) is 13.5. The topological polar surface area (TPSA) is 89.5 Å². The number of carbonyl (C=O) groups excluding carboxylic acids is 1. The molecule has 202 valence electrons. The molecule has 6 heterocycles. The SMILES string of the molecule is COc1ccc2nccc(N3CC[C@H]4CN(C[C@@H]5CN(C6=COC=C(C7=CC=CCC7)O6)C(=O)O5)C[C@H]43)c2n1. The molecule has 5 aliphatic rings. The number of allylic oxidation sites excluding steroid dienone is 4. The van der Waals surface area contributed by atoms with E-state index in [0.717, 1.165) is 61.2 Å². The van der Waals surface area contributed by atoms with E-state index in [-0.39, 0.29) is 6.10 Å². The van der Waals surface area contributed by atoms with Gasteiger partial charge in [-0.2, -0.15) is 0 Å². The van der Waals surface area contributed by atoms with Crippen molar-refractivity contribution in [1.82, 2.24) is 19.8 Å². The summed E-state index contributed by atoms with van der Waals surface area (Å²) < 4.78 is 22.7. The molecule has 0 spiro atoms. The van der Waals surface area contributed by atoms with Crippen molar-refractivity contribution in [2.45, 2.75) is 31.4 Å². The highest BCUT2D eigenvalue weighted by Crippen LogP contribution is 2.38. The zero-order valence-corrected chi connectivity index (χ0v) is 21.9. The van der Waals surface area contributed by atoms with Gasteiger partial charge in [-0.25, -0.2) is 14.7 Å². The molecule has 7 rings (SSSR count). The largest absolute Gasteiger partial charge is 0.481 e. The first kappa shape index (κ1) is 24.0. The van der Waals surface area contributed by atoms with Gasteiger partial charge in [0.2, 0.25) is 11.8 Å². The number of pyridine rings is 2. The third-order valence-electron chi connectivity index (χ3n) is 8.17. The third kappa shape index (κ3) is 4.48. The maximum Gasteiger partial charge on any atom is 0.417 e. The second-order valence-corrected chi connectivity index (χ2v) is 10.5. The Morgan fingerprint density at radius 2 is 2.10 bits per heavy atom. The summed E-state index contributed by atoms with van der Waals surface area (Å²) in [7, 11) is 1.63. The second kappa shape index (κ2) is 9.92. The molecule has 10 heteroatoms. The number of aromatic nitrogens is 2. The van der Waals surface area contributed by atoms with Gasteiger partial charge in [-0.3, -0.25) is 9.88 Å². The van der Waals surface area contributed by atoms with E-state index in [9.17, 15) is 4.79 Å². The highest BCUT2D eigenvalue weighted by Gasteiger charge is 2.44. The van der Waals surface area contributed by atoms with Crippen LogP contribution in [0.4, 0.5) is 10.5 Å². The fourth-order valence-electron chi connectivity index (χ4n) is 6.30. The predicted molar refractivity (Wildman–Crippen MR) is 144 cm³/mol. The van der Waals surface area contributed by atoms with Crippen LogP contribution in [0.1, 0.15) is 19.3 Å². The van der Waals surface area contributed by atoms with E-state index in [2.05, 4.69) is 26.9 Å². The van der Waals surface area contributed by atoms with E-state index in [0.29, 0.717) is 42.6 Å². The monoisotopic (exact) mass is 529 g/mol. The number of hydrogen-bond acceptors (Lipinski definition) is 9. The molecule has 39 heavy (non-hydrogen) atoms. The second-order valence-electron chi connectivity index (χ2n) is 10.5. The van der Waals surface area contributed by atoms with Gasteiger partial charge in [-0.1, -0.05) is 18.2 Å². The Labute approximate surface area is 226 Å². The zero-order chi connectivity index (χ0) is 26.3. The average molecular weight is 530 g/mol. The van der Waals surface area contributed by atoms with Crippen molar-refractivity contribution in [2.75, 3.05) is 44.7 Å². The summed E-state index contributed by atoms with van der Waals surface area (Å²) in [5.41, 5.74) is 3.88. The lowest BCUT2D eigenvalue weighted by atomic mass is 10.0. The number of carbonyl (C=O) groups is 1. The van der Waals surface area contributed by atoms with Crippen LogP contribution < -0.4 is 9.64 Å². The lowest BCUT2D eigenvalue weighted by Crippen LogP contribution is -2.38. The van der Waals surface area contributed by atoms with Gasteiger partial charge < -0.3 is 23.8 Å². The van der Waals surface area contributed by atoms with Gasteiger partial charge in [0, 0.05) is 44.5 Å². The Kier molecular flexibility index (Phi) is 6.11. The summed E-state index contributed by atoms with van der Waals surface area (Å²) in [5.74, 6) is 2.14. The highest BCUT2D eigenvalue weighted by atomic mass is 16.6. The van der Waals surface area contributed by atoms with Crippen LogP contribution in [0.3, 0.4) is 0 Å². The van der Waals surface area contributed by atoms with Crippen LogP contribution in [-0.2, 0) is 14.2 Å². The molecule has 3 saturated heterocycles. The predicted octanol–water partition coefficient (Wildman–Crippen LogP) is 3.93. The van der Waals surface area contributed by atoms with Gasteiger partial charge in [-0.15, -0.1) is 0 Å². The van der Waals surface area contributed by atoms with Crippen LogP contribution >= 0.6 is 0 Å². The average Bonchev–Trinajstić information content (AvgIpc) is 3.67. The smallest absolute Gasteiger partial charge is 0.417 e.